The Morgan fingerprint density at radius 2 is 2.12 bits per heavy atom. The van der Waals surface area contributed by atoms with Gasteiger partial charge in [-0.1, -0.05) is 28.9 Å². The van der Waals surface area contributed by atoms with Crippen LogP contribution in [0.4, 0.5) is 10.6 Å². The third-order valence-electron chi connectivity index (χ3n) is 3.98. The minimum Gasteiger partial charge on any atom is -0.481 e. The average Bonchev–Trinajstić information content (AvgIpc) is 3.17. The third kappa shape index (κ3) is 3.86. The molecule has 24 heavy (non-hydrogen) atoms. The van der Waals surface area contributed by atoms with Gasteiger partial charge in [0, 0.05) is 22.7 Å². The van der Waals surface area contributed by atoms with Gasteiger partial charge in [0.05, 0.1) is 5.92 Å². The average molecular weight is 350 g/mol. The zero-order valence-electron chi connectivity index (χ0n) is 12.7. The van der Waals surface area contributed by atoms with Crippen molar-refractivity contribution >= 4 is 29.4 Å². The van der Waals surface area contributed by atoms with E-state index in [0.717, 1.165) is 5.56 Å². The topological polar surface area (TPSA) is 104 Å². The molecule has 2 aromatic rings. The van der Waals surface area contributed by atoms with Gasteiger partial charge in [-0.25, -0.2) is 4.79 Å². The molecule has 1 aliphatic carbocycles. The lowest BCUT2D eigenvalue weighted by atomic mass is 10.1. The van der Waals surface area contributed by atoms with E-state index in [1.165, 1.54) is 0 Å². The molecule has 1 aliphatic rings. The Morgan fingerprint density at radius 3 is 2.83 bits per heavy atom. The summed E-state index contributed by atoms with van der Waals surface area (Å²) in [4.78, 5) is 22.9. The first-order valence-corrected chi connectivity index (χ1v) is 7.92. The molecular formula is C16H16ClN3O4. The van der Waals surface area contributed by atoms with Crippen molar-refractivity contribution in [1.29, 1.82) is 0 Å². The molecule has 0 bridgehead atoms. The lowest BCUT2D eigenvalue weighted by molar-refractivity contribution is -0.141. The summed E-state index contributed by atoms with van der Waals surface area (Å²) in [6.07, 6.45) is 1.66. The second-order valence-corrected chi connectivity index (χ2v) is 6.17. The Labute approximate surface area is 143 Å². The Bertz CT molecular complexity index is 761. The monoisotopic (exact) mass is 349 g/mol. The number of carboxylic acids is 1. The highest BCUT2D eigenvalue weighted by Gasteiger charge is 2.30. The van der Waals surface area contributed by atoms with Crippen LogP contribution < -0.4 is 10.6 Å². The van der Waals surface area contributed by atoms with E-state index in [-0.39, 0.29) is 11.9 Å². The van der Waals surface area contributed by atoms with Crippen LogP contribution in [0.5, 0.6) is 0 Å². The zero-order valence-corrected chi connectivity index (χ0v) is 13.4. The van der Waals surface area contributed by atoms with E-state index in [1.54, 1.807) is 24.3 Å². The summed E-state index contributed by atoms with van der Waals surface area (Å²) in [5.74, 6) is -0.450. The SMILES string of the molecule is O=C(Nc1cc(-c2cccc(Cl)c2)on1)N[C@H]1CC[C@@H](C(=O)O)C1. The number of anilines is 1. The number of nitrogens with zero attached hydrogens (tertiary/aromatic N) is 1. The fourth-order valence-corrected chi connectivity index (χ4v) is 2.98. The zero-order chi connectivity index (χ0) is 17.1. The number of halogens is 1. The predicted octanol–water partition coefficient (Wildman–Crippen LogP) is 3.37. The highest BCUT2D eigenvalue weighted by atomic mass is 35.5. The summed E-state index contributed by atoms with van der Waals surface area (Å²) in [5.41, 5.74) is 0.753. The van der Waals surface area contributed by atoms with E-state index in [0.29, 0.717) is 30.0 Å². The lowest BCUT2D eigenvalue weighted by Crippen LogP contribution is -2.36. The van der Waals surface area contributed by atoms with Crippen LogP contribution >= 0.6 is 11.6 Å². The van der Waals surface area contributed by atoms with E-state index >= 15 is 0 Å². The van der Waals surface area contributed by atoms with E-state index in [4.69, 9.17) is 21.2 Å². The van der Waals surface area contributed by atoms with Gasteiger partial charge in [-0.05, 0) is 31.4 Å². The summed E-state index contributed by atoms with van der Waals surface area (Å²) in [7, 11) is 0. The van der Waals surface area contributed by atoms with Crippen molar-refractivity contribution in [2.24, 2.45) is 5.92 Å². The molecule has 1 aromatic heterocycles. The first-order chi connectivity index (χ1) is 11.5. The number of carbonyl (C=O) groups excluding carboxylic acids is 1. The highest BCUT2D eigenvalue weighted by Crippen LogP contribution is 2.26. The third-order valence-corrected chi connectivity index (χ3v) is 4.21. The Balaban J connectivity index is 1.57. The summed E-state index contributed by atoms with van der Waals surface area (Å²) >= 11 is 5.93. The number of benzene rings is 1. The molecule has 7 nitrogen and oxygen atoms in total. The molecule has 0 aliphatic heterocycles. The molecule has 1 heterocycles. The van der Waals surface area contributed by atoms with Crippen molar-refractivity contribution in [3.05, 3.63) is 35.4 Å². The standard InChI is InChI=1S/C16H16ClN3O4/c17-11-3-1-2-9(6-11)13-8-14(20-24-13)19-16(23)18-12-5-4-10(7-12)15(21)22/h1-3,6,8,10,12H,4-5,7H2,(H,21,22)(H2,18,19,20,23)/t10-,12+/m1/s1. The molecule has 3 rings (SSSR count). The summed E-state index contributed by atoms with van der Waals surface area (Å²) < 4.78 is 5.20. The molecule has 0 spiro atoms. The number of urea groups is 1. The Hall–Kier alpha value is -2.54. The van der Waals surface area contributed by atoms with E-state index in [1.807, 2.05) is 6.07 Å². The van der Waals surface area contributed by atoms with Gasteiger partial charge >= 0.3 is 12.0 Å². The largest absolute Gasteiger partial charge is 0.481 e. The van der Waals surface area contributed by atoms with Crippen LogP contribution in [0, 0.1) is 5.92 Å². The van der Waals surface area contributed by atoms with Crippen molar-refractivity contribution in [2.45, 2.75) is 25.3 Å². The number of hydrogen-bond acceptors (Lipinski definition) is 4. The molecular weight excluding hydrogens is 334 g/mol. The van der Waals surface area contributed by atoms with Crippen LogP contribution in [0.3, 0.4) is 0 Å². The number of aliphatic carboxylic acids is 1. The lowest BCUT2D eigenvalue weighted by Gasteiger charge is -2.12. The first kappa shape index (κ1) is 16.3. The number of carbonyl (C=O) groups is 2. The van der Waals surface area contributed by atoms with Gasteiger partial charge in [-0.15, -0.1) is 0 Å². The molecule has 0 radical (unpaired) electrons. The minimum atomic E-state index is -0.817. The molecule has 1 aromatic carbocycles. The van der Waals surface area contributed by atoms with Crippen molar-refractivity contribution in [2.75, 3.05) is 5.32 Å². The molecule has 1 fully saturated rings. The fourth-order valence-electron chi connectivity index (χ4n) is 2.79. The molecule has 0 unspecified atom stereocenters. The predicted molar refractivity (Wildman–Crippen MR) is 87.9 cm³/mol. The molecule has 8 heteroatoms. The molecule has 3 N–H and O–H groups in total. The van der Waals surface area contributed by atoms with E-state index < -0.39 is 17.9 Å². The van der Waals surface area contributed by atoms with E-state index in [9.17, 15) is 9.59 Å². The van der Waals surface area contributed by atoms with Crippen LogP contribution in [-0.2, 0) is 4.79 Å². The normalized spacial score (nSPS) is 19.9. The quantitative estimate of drug-likeness (QED) is 0.785. The summed E-state index contributed by atoms with van der Waals surface area (Å²) in [6.45, 7) is 0. The van der Waals surface area contributed by atoms with Crippen LogP contribution in [0.15, 0.2) is 34.9 Å². The number of rotatable bonds is 4. The van der Waals surface area contributed by atoms with Gasteiger partial charge in [-0.2, -0.15) is 0 Å². The van der Waals surface area contributed by atoms with Gasteiger partial charge in [0.2, 0.25) is 0 Å². The maximum absolute atomic E-state index is 12.0. The molecule has 2 atom stereocenters. The maximum atomic E-state index is 12.0. The smallest absolute Gasteiger partial charge is 0.320 e. The minimum absolute atomic E-state index is 0.148. The van der Waals surface area contributed by atoms with Crippen molar-refractivity contribution in [1.82, 2.24) is 10.5 Å². The summed E-state index contributed by atoms with van der Waals surface area (Å²) in [6, 6.07) is 8.11. The first-order valence-electron chi connectivity index (χ1n) is 7.54. The second-order valence-electron chi connectivity index (χ2n) is 5.73. The van der Waals surface area contributed by atoms with Gasteiger partial charge in [0.25, 0.3) is 0 Å². The number of aromatic nitrogens is 1. The van der Waals surface area contributed by atoms with Crippen molar-refractivity contribution < 1.29 is 19.2 Å². The fraction of sp³-hybridized carbons (Fsp3) is 0.312. The number of amides is 2. The van der Waals surface area contributed by atoms with Gasteiger partial charge in [0.1, 0.15) is 0 Å². The summed E-state index contributed by atoms with van der Waals surface area (Å²) in [5, 5.41) is 18.7. The van der Waals surface area contributed by atoms with Crippen molar-refractivity contribution in [3.63, 3.8) is 0 Å². The Kier molecular flexibility index (Phi) is 4.71. The maximum Gasteiger partial charge on any atom is 0.320 e. The van der Waals surface area contributed by atoms with Crippen LogP contribution in [0.25, 0.3) is 11.3 Å². The number of nitrogens with one attached hydrogen (secondary N) is 2. The highest BCUT2D eigenvalue weighted by molar-refractivity contribution is 6.30. The van der Waals surface area contributed by atoms with E-state index in [2.05, 4.69) is 15.8 Å². The molecule has 1 saturated carbocycles. The van der Waals surface area contributed by atoms with Crippen LogP contribution in [-0.4, -0.2) is 28.3 Å². The van der Waals surface area contributed by atoms with Crippen LogP contribution in [0.2, 0.25) is 5.02 Å². The van der Waals surface area contributed by atoms with Gasteiger partial charge in [0.15, 0.2) is 11.6 Å². The van der Waals surface area contributed by atoms with Crippen molar-refractivity contribution in [3.8, 4) is 11.3 Å². The molecule has 0 saturated heterocycles. The second kappa shape index (κ2) is 6.92. The molecule has 2 amide bonds. The van der Waals surface area contributed by atoms with Crippen LogP contribution in [0.1, 0.15) is 19.3 Å². The van der Waals surface area contributed by atoms with Gasteiger partial charge < -0.3 is 14.9 Å². The number of carboxylic acid groups (broad SMARTS) is 1. The Morgan fingerprint density at radius 1 is 1.29 bits per heavy atom. The molecule has 126 valence electrons. The van der Waals surface area contributed by atoms with Gasteiger partial charge in [-0.3, -0.25) is 10.1 Å². The number of hydrogen-bond donors (Lipinski definition) is 3.